The fourth-order valence-corrected chi connectivity index (χ4v) is 2.29. The predicted octanol–water partition coefficient (Wildman–Crippen LogP) is 1.57. The number of nitrogens with one attached hydrogen (secondary N) is 1. The molecule has 0 spiro atoms. The Hall–Kier alpha value is -1.21. The molecule has 0 fully saturated rings. The number of nitrogens with zero attached hydrogens (tertiary/aromatic N) is 3. The zero-order valence-corrected chi connectivity index (χ0v) is 10.9. The molecule has 0 aliphatic rings. The Bertz CT molecular complexity index is 507. The number of hydrogen-bond acceptors (Lipinski definition) is 4. The molecule has 16 heavy (non-hydrogen) atoms. The third-order valence-electron chi connectivity index (χ3n) is 1.88. The van der Waals surface area contributed by atoms with E-state index in [1.807, 2.05) is 0 Å². The molecule has 2 rings (SSSR count). The lowest BCUT2D eigenvalue weighted by Gasteiger charge is -1.99. The summed E-state index contributed by atoms with van der Waals surface area (Å²) in [5, 5.41) is 8.61. The van der Waals surface area contributed by atoms with Crippen LogP contribution in [0.3, 0.4) is 0 Å². The maximum absolute atomic E-state index is 11.7. The number of carbonyl (C=O) groups is 1. The average Bonchev–Trinajstić information content (AvgIpc) is 2.84. The van der Waals surface area contributed by atoms with Crippen molar-refractivity contribution in [2.24, 2.45) is 7.05 Å². The van der Waals surface area contributed by atoms with Crippen LogP contribution in [0.25, 0.3) is 0 Å². The van der Waals surface area contributed by atoms with Crippen LogP contribution in [0.1, 0.15) is 16.2 Å². The standard InChI is InChI=1S/C9H9BrN4OS/c1-14-5-12-8(13-14)3-11-9(15)6-2-7(10)16-4-6/h2,4-5H,3H2,1H3,(H,11,15). The number of amides is 1. The highest BCUT2D eigenvalue weighted by atomic mass is 79.9. The summed E-state index contributed by atoms with van der Waals surface area (Å²) in [5.41, 5.74) is 0.646. The maximum atomic E-state index is 11.7. The fourth-order valence-electron chi connectivity index (χ4n) is 1.16. The number of aromatic nitrogens is 3. The second-order valence-electron chi connectivity index (χ2n) is 3.16. The zero-order chi connectivity index (χ0) is 11.5. The van der Waals surface area contributed by atoms with Gasteiger partial charge in [0, 0.05) is 12.4 Å². The number of carbonyl (C=O) groups excluding carboxylic acids is 1. The Morgan fingerprint density at radius 1 is 1.69 bits per heavy atom. The molecule has 0 unspecified atom stereocenters. The molecule has 0 bridgehead atoms. The number of hydrogen-bond donors (Lipinski definition) is 1. The normalized spacial score (nSPS) is 10.4. The highest BCUT2D eigenvalue weighted by Crippen LogP contribution is 2.20. The largest absolute Gasteiger partial charge is 0.345 e. The van der Waals surface area contributed by atoms with Crippen LogP contribution in [0.2, 0.25) is 0 Å². The lowest BCUT2D eigenvalue weighted by atomic mass is 10.3. The SMILES string of the molecule is Cn1cnc(CNC(=O)c2csc(Br)c2)n1. The van der Waals surface area contributed by atoms with Crippen molar-refractivity contribution in [2.45, 2.75) is 6.54 Å². The monoisotopic (exact) mass is 300 g/mol. The minimum atomic E-state index is -0.116. The van der Waals surface area contributed by atoms with Gasteiger partial charge in [0.2, 0.25) is 0 Å². The lowest BCUT2D eigenvalue weighted by molar-refractivity contribution is 0.0950. The van der Waals surface area contributed by atoms with Crippen molar-refractivity contribution in [3.8, 4) is 0 Å². The van der Waals surface area contributed by atoms with E-state index < -0.39 is 0 Å². The van der Waals surface area contributed by atoms with Gasteiger partial charge in [-0.1, -0.05) is 0 Å². The van der Waals surface area contributed by atoms with Gasteiger partial charge in [-0.15, -0.1) is 11.3 Å². The number of rotatable bonds is 3. The molecule has 1 N–H and O–H groups in total. The van der Waals surface area contributed by atoms with E-state index in [-0.39, 0.29) is 5.91 Å². The van der Waals surface area contributed by atoms with Gasteiger partial charge in [-0.25, -0.2) is 4.98 Å². The summed E-state index contributed by atoms with van der Waals surface area (Å²) in [6.07, 6.45) is 1.60. The topological polar surface area (TPSA) is 59.8 Å². The van der Waals surface area contributed by atoms with Crippen molar-refractivity contribution in [3.05, 3.63) is 32.9 Å². The molecule has 0 saturated heterocycles. The first-order chi connectivity index (χ1) is 7.65. The summed E-state index contributed by atoms with van der Waals surface area (Å²) in [5.74, 6) is 0.486. The van der Waals surface area contributed by atoms with Crippen LogP contribution in [0.5, 0.6) is 0 Å². The van der Waals surface area contributed by atoms with Gasteiger partial charge in [0.25, 0.3) is 5.91 Å². The summed E-state index contributed by atoms with van der Waals surface area (Å²) in [6, 6.07) is 1.78. The van der Waals surface area contributed by atoms with Crippen molar-refractivity contribution in [1.29, 1.82) is 0 Å². The molecule has 2 heterocycles. The number of thiophene rings is 1. The predicted molar refractivity (Wildman–Crippen MR) is 64.2 cm³/mol. The second-order valence-corrected chi connectivity index (χ2v) is 5.45. The van der Waals surface area contributed by atoms with Crippen LogP contribution in [0.4, 0.5) is 0 Å². The molecular formula is C9H9BrN4OS. The Morgan fingerprint density at radius 2 is 2.50 bits per heavy atom. The third kappa shape index (κ3) is 2.67. The van der Waals surface area contributed by atoms with Gasteiger partial charge in [0.05, 0.1) is 15.9 Å². The minimum Gasteiger partial charge on any atom is -0.345 e. The molecule has 7 heteroatoms. The van der Waals surface area contributed by atoms with Crippen LogP contribution in [0.15, 0.2) is 21.6 Å². The van der Waals surface area contributed by atoms with Crippen molar-refractivity contribution < 1.29 is 4.79 Å². The highest BCUT2D eigenvalue weighted by molar-refractivity contribution is 9.11. The van der Waals surface area contributed by atoms with E-state index in [0.717, 1.165) is 3.79 Å². The Labute approximate surface area is 105 Å². The smallest absolute Gasteiger partial charge is 0.252 e. The zero-order valence-electron chi connectivity index (χ0n) is 8.48. The van der Waals surface area contributed by atoms with Crippen molar-refractivity contribution >= 4 is 33.2 Å². The molecule has 84 valence electrons. The van der Waals surface area contributed by atoms with E-state index in [1.165, 1.54) is 11.3 Å². The molecule has 2 aromatic rings. The van der Waals surface area contributed by atoms with Crippen LogP contribution in [0, 0.1) is 0 Å². The molecule has 1 amide bonds. The fraction of sp³-hybridized carbons (Fsp3) is 0.222. The van der Waals surface area contributed by atoms with Gasteiger partial charge >= 0.3 is 0 Å². The van der Waals surface area contributed by atoms with Crippen LogP contribution >= 0.6 is 27.3 Å². The van der Waals surface area contributed by atoms with Crippen LogP contribution in [-0.2, 0) is 13.6 Å². The molecule has 0 aliphatic carbocycles. The maximum Gasteiger partial charge on any atom is 0.252 e. The lowest BCUT2D eigenvalue weighted by Crippen LogP contribution is -2.22. The minimum absolute atomic E-state index is 0.116. The molecule has 0 saturated carbocycles. The van der Waals surface area contributed by atoms with Crippen LogP contribution < -0.4 is 5.32 Å². The Balaban J connectivity index is 1.93. The van der Waals surface area contributed by atoms with Crippen molar-refractivity contribution in [3.63, 3.8) is 0 Å². The van der Waals surface area contributed by atoms with Gasteiger partial charge < -0.3 is 5.32 Å². The summed E-state index contributed by atoms with van der Waals surface area (Å²) in [6.45, 7) is 0.340. The quantitative estimate of drug-likeness (QED) is 0.936. The van der Waals surface area contributed by atoms with Gasteiger partial charge in [0.15, 0.2) is 5.82 Å². The van der Waals surface area contributed by atoms with E-state index in [2.05, 4.69) is 31.3 Å². The molecule has 2 aromatic heterocycles. The Morgan fingerprint density at radius 3 is 3.06 bits per heavy atom. The molecule has 5 nitrogen and oxygen atoms in total. The molecule has 0 aromatic carbocycles. The molecule has 0 radical (unpaired) electrons. The molecule has 0 atom stereocenters. The summed E-state index contributed by atoms with van der Waals surface area (Å²) in [7, 11) is 1.79. The van der Waals surface area contributed by atoms with E-state index in [1.54, 1.807) is 29.5 Å². The van der Waals surface area contributed by atoms with E-state index in [9.17, 15) is 4.79 Å². The van der Waals surface area contributed by atoms with Gasteiger partial charge in [-0.3, -0.25) is 9.48 Å². The van der Waals surface area contributed by atoms with Crippen LogP contribution in [-0.4, -0.2) is 20.7 Å². The number of halogens is 1. The summed E-state index contributed by atoms with van der Waals surface area (Å²) >= 11 is 4.79. The van der Waals surface area contributed by atoms with Gasteiger partial charge in [-0.2, -0.15) is 5.10 Å². The highest BCUT2D eigenvalue weighted by Gasteiger charge is 2.08. The molecular weight excluding hydrogens is 292 g/mol. The molecule has 0 aliphatic heterocycles. The first-order valence-electron chi connectivity index (χ1n) is 4.52. The average molecular weight is 301 g/mol. The summed E-state index contributed by atoms with van der Waals surface area (Å²) < 4.78 is 2.54. The van der Waals surface area contributed by atoms with E-state index in [0.29, 0.717) is 17.9 Å². The first kappa shape index (κ1) is 11.3. The van der Waals surface area contributed by atoms with Gasteiger partial charge in [-0.05, 0) is 22.0 Å². The first-order valence-corrected chi connectivity index (χ1v) is 6.19. The third-order valence-corrected chi connectivity index (χ3v) is 3.39. The Kier molecular flexibility index (Phi) is 3.35. The second kappa shape index (κ2) is 4.75. The van der Waals surface area contributed by atoms with Crippen molar-refractivity contribution in [2.75, 3.05) is 0 Å². The summed E-state index contributed by atoms with van der Waals surface area (Å²) in [4.78, 5) is 15.7. The van der Waals surface area contributed by atoms with Gasteiger partial charge in [0.1, 0.15) is 6.33 Å². The van der Waals surface area contributed by atoms with E-state index >= 15 is 0 Å². The van der Waals surface area contributed by atoms with E-state index in [4.69, 9.17) is 0 Å². The number of aryl methyl sites for hydroxylation is 1. The van der Waals surface area contributed by atoms with Crippen molar-refractivity contribution in [1.82, 2.24) is 20.1 Å².